The summed E-state index contributed by atoms with van der Waals surface area (Å²) >= 11 is 0. The van der Waals surface area contributed by atoms with Crippen molar-refractivity contribution < 1.29 is 19.4 Å². The molecule has 0 radical (unpaired) electrons. The molecule has 0 fully saturated rings. The number of ether oxygens (including phenoxy) is 1. The maximum Gasteiger partial charge on any atom is 0.279 e. The molecule has 2 aromatic carbocycles. The minimum absolute atomic E-state index is 0.0739. The largest absolute Gasteiger partial charge is 0.507 e. The Kier molecular flexibility index (Phi) is 5.57. The third kappa shape index (κ3) is 4.47. The molecule has 0 heterocycles. The second-order valence-corrected chi connectivity index (χ2v) is 4.79. The molecule has 3 N–H and O–H groups in total. The van der Waals surface area contributed by atoms with Gasteiger partial charge in [-0.15, -0.1) is 0 Å². The molecule has 0 bridgehead atoms. The van der Waals surface area contributed by atoms with Crippen LogP contribution in [-0.2, 0) is 4.79 Å². The summed E-state index contributed by atoms with van der Waals surface area (Å²) in [5, 5.41) is 9.60. The average molecular weight is 314 g/mol. The van der Waals surface area contributed by atoms with Crippen LogP contribution < -0.4 is 15.6 Å². The number of hydrazine groups is 1. The average Bonchev–Trinajstić information content (AvgIpc) is 2.58. The molecule has 0 aliphatic heterocycles. The number of hydrogen-bond acceptors (Lipinski definition) is 4. The van der Waals surface area contributed by atoms with Crippen molar-refractivity contribution in [1.82, 2.24) is 10.9 Å². The van der Waals surface area contributed by atoms with Gasteiger partial charge in [-0.3, -0.25) is 20.4 Å². The van der Waals surface area contributed by atoms with Gasteiger partial charge in [-0.05, 0) is 30.7 Å². The molecule has 6 heteroatoms. The lowest BCUT2D eigenvalue weighted by Gasteiger charge is -2.17. The number of benzene rings is 2. The number of para-hydroxylation sites is 2. The molecule has 2 rings (SSSR count). The Morgan fingerprint density at radius 2 is 1.70 bits per heavy atom. The van der Waals surface area contributed by atoms with E-state index in [1.54, 1.807) is 43.3 Å². The lowest BCUT2D eigenvalue weighted by Crippen LogP contribution is -2.47. The third-order valence-electron chi connectivity index (χ3n) is 3.13. The fraction of sp³-hybridized carbons (Fsp3) is 0.176. The summed E-state index contributed by atoms with van der Waals surface area (Å²) in [7, 11) is 0. The lowest BCUT2D eigenvalue weighted by atomic mass is 10.2. The Bertz CT molecular complexity index is 673. The zero-order valence-corrected chi connectivity index (χ0v) is 12.7. The Balaban J connectivity index is 1.92. The fourth-order valence-corrected chi connectivity index (χ4v) is 1.92. The van der Waals surface area contributed by atoms with E-state index in [1.165, 1.54) is 12.1 Å². The van der Waals surface area contributed by atoms with Crippen molar-refractivity contribution in [2.75, 3.05) is 0 Å². The molecule has 0 aliphatic rings. The van der Waals surface area contributed by atoms with Gasteiger partial charge in [0.2, 0.25) is 0 Å². The SMILES string of the molecule is CC[C@H](Oc1ccccc1)C(=O)NNC(=O)c1ccccc1O. The highest BCUT2D eigenvalue weighted by Crippen LogP contribution is 2.15. The highest BCUT2D eigenvalue weighted by molar-refractivity contribution is 5.98. The van der Waals surface area contributed by atoms with E-state index in [0.717, 1.165) is 0 Å². The van der Waals surface area contributed by atoms with Gasteiger partial charge in [0, 0.05) is 0 Å². The van der Waals surface area contributed by atoms with Gasteiger partial charge in [-0.1, -0.05) is 37.3 Å². The first-order valence-electron chi connectivity index (χ1n) is 7.21. The second kappa shape index (κ2) is 7.84. The molecular formula is C17H18N2O4. The van der Waals surface area contributed by atoms with Gasteiger partial charge in [0.1, 0.15) is 11.5 Å². The van der Waals surface area contributed by atoms with Crippen molar-refractivity contribution >= 4 is 11.8 Å². The van der Waals surface area contributed by atoms with Crippen LogP contribution in [0.3, 0.4) is 0 Å². The number of amides is 2. The Labute approximate surface area is 134 Å². The van der Waals surface area contributed by atoms with Gasteiger partial charge in [0.15, 0.2) is 6.10 Å². The molecule has 0 spiro atoms. The zero-order chi connectivity index (χ0) is 16.7. The van der Waals surface area contributed by atoms with Gasteiger partial charge in [-0.2, -0.15) is 0 Å². The number of phenolic OH excluding ortho intramolecular Hbond substituents is 1. The first-order chi connectivity index (χ1) is 11.1. The number of carbonyl (C=O) groups is 2. The highest BCUT2D eigenvalue weighted by atomic mass is 16.5. The monoisotopic (exact) mass is 314 g/mol. The van der Waals surface area contributed by atoms with Crippen LogP contribution in [0.1, 0.15) is 23.7 Å². The molecule has 2 aromatic rings. The summed E-state index contributed by atoms with van der Waals surface area (Å²) in [5.41, 5.74) is 4.64. The molecule has 0 saturated heterocycles. The molecule has 2 amide bonds. The van der Waals surface area contributed by atoms with Crippen molar-refractivity contribution in [1.29, 1.82) is 0 Å². The number of phenols is 1. The number of hydrogen-bond donors (Lipinski definition) is 3. The fourth-order valence-electron chi connectivity index (χ4n) is 1.92. The van der Waals surface area contributed by atoms with Crippen molar-refractivity contribution in [3.05, 3.63) is 60.2 Å². The molecular weight excluding hydrogens is 296 g/mol. The lowest BCUT2D eigenvalue weighted by molar-refractivity contribution is -0.128. The van der Waals surface area contributed by atoms with Crippen LogP contribution in [0.4, 0.5) is 0 Å². The first kappa shape index (κ1) is 16.4. The molecule has 6 nitrogen and oxygen atoms in total. The second-order valence-electron chi connectivity index (χ2n) is 4.79. The van der Waals surface area contributed by atoms with Gasteiger partial charge in [0.05, 0.1) is 5.56 Å². The number of nitrogens with one attached hydrogen (secondary N) is 2. The van der Waals surface area contributed by atoms with Crippen molar-refractivity contribution in [3.8, 4) is 11.5 Å². The normalized spacial score (nSPS) is 11.3. The van der Waals surface area contributed by atoms with Crippen molar-refractivity contribution in [2.24, 2.45) is 0 Å². The van der Waals surface area contributed by atoms with Crippen LogP contribution >= 0.6 is 0 Å². The van der Waals surface area contributed by atoms with Crippen LogP contribution in [0.15, 0.2) is 54.6 Å². The summed E-state index contributed by atoms with van der Waals surface area (Å²) in [6, 6.07) is 15.0. The quantitative estimate of drug-likeness (QED) is 0.737. The summed E-state index contributed by atoms with van der Waals surface area (Å²) < 4.78 is 5.57. The summed E-state index contributed by atoms with van der Waals surface area (Å²) in [6.07, 6.45) is -0.297. The van der Waals surface area contributed by atoms with Crippen LogP contribution in [-0.4, -0.2) is 23.0 Å². The summed E-state index contributed by atoms with van der Waals surface area (Å²) in [4.78, 5) is 24.0. The van der Waals surface area contributed by atoms with Gasteiger partial charge in [-0.25, -0.2) is 0 Å². The molecule has 1 atom stereocenters. The van der Waals surface area contributed by atoms with E-state index in [-0.39, 0.29) is 11.3 Å². The van der Waals surface area contributed by atoms with E-state index in [4.69, 9.17) is 4.74 Å². The molecule has 0 unspecified atom stereocenters. The highest BCUT2D eigenvalue weighted by Gasteiger charge is 2.19. The van der Waals surface area contributed by atoms with E-state index in [9.17, 15) is 14.7 Å². The Morgan fingerprint density at radius 1 is 1.04 bits per heavy atom. The van der Waals surface area contributed by atoms with E-state index >= 15 is 0 Å². The van der Waals surface area contributed by atoms with Gasteiger partial charge < -0.3 is 9.84 Å². The maximum absolute atomic E-state index is 12.1. The van der Waals surface area contributed by atoms with Crippen LogP contribution in [0, 0.1) is 0 Å². The van der Waals surface area contributed by atoms with Crippen molar-refractivity contribution in [3.63, 3.8) is 0 Å². The topological polar surface area (TPSA) is 87.7 Å². The maximum atomic E-state index is 12.1. The first-order valence-corrected chi connectivity index (χ1v) is 7.21. The minimum atomic E-state index is -0.734. The van der Waals surface area contributed by atoms with Crippen molar-refractivity contribution in [2.45, 2.75) is 19.4 Å². The summed E-state index contributed by atoms with van der Waals surface area (Å²) in [6.45, 7) is 1.80. The predicted molar refractivity (Wildman–Crippen MR) is 84.9 cm³/mol. The van der Waals surface area contributed by atoms with E-state index in [2.05, 4.69) is 10.9 Å². The van der Waals surface area contributed by atoms with Crippen LogP contribution in [0.5, 0.6) is 11.5 Å². The number of aromatic hydroxyl groups is 1. The molecule has 0 aliphatic carbocycles. The number of carbonyl (C=O) groups excluding carboxylic acids is 2. The van der Waals surface area contributed by atoms with E-state index in [0.29, 0.717) is 12.2 Å². The standard InChI is InChI=1S/C17H18N2O4/c1-2-15(23-12-8-4-3-5-9-12)17(22)19-18-16(21)13-10-6-7-11-14(13)20/h3-11,15,20H,2H2,1H3,(H,18,21)(H,19,22)/t15-/m0/s1. The minimum Gasteiger partial charge on any atom is -0.507 e. The third-order valence-corrected chi connectivity index (χ3v) is 3.13. The predicted octanol–water partition coefficient (Wildman–Crippen LogP) is 2.01. The van der Waals surface area contributed by atoms with Gasteiger partial charge in [0.25, 0.3) is 11.8 Å². The van der Waals surface area contributed by atoms with Crippen LogP contribution in [0.25, 0.3) is 0 Å². The smallest absolute Gasteiger partial charge is 0.279 e. The Morgan fingerprint density at radius 3 is 2.35 bits per heavy atom. The molecule has 23 heavy (non-hydrogen) atoms. The Hall–Kier alpha value is -3.02. The number of rotatable bonds is 5. The van der Waals surface area contributed by atoms with Gasteiger partial charge >= 0.3 is 0 Å². The molecule has 0 saturated carbocycles. The van der Waals surface area contributed by atoms with E-state index < -0.39 is 17.9 Å². The summed E-state index contributed by atoms with van der Waals surface area (Å²) in [5.74, 6) is -0.667. The molecule has 0 aromatic heterocycles. The zero-order valence-electron chi connectivity index (χ0n) is 12.7. The molecule has 120 valence electrons. The van der Waals surface area contributed by atoms with E-state index in [1.807, 2.05) is 6.07 Å². The van der Waals surface area contributed by atoms with Crippen LogP contribution in [0.2, 0.25) is 0 Å².